The van der Waals surface area contributed by atoms with Gasteiger partial charge in [0.05, 0.1) is 22.6 Å². The molecule has 0 fully saturated rings. The quantitative estimate of drug-likeness (QED) is 0.765. The molecule has 0 bridgehead atoms. The third-order valence-corrected chi connectivity index (χ3v) is 4.25. The molecule has 0 heterocycles. The first-order chi connectivity index (χ1) is 9.13. The van der Waals surface area contributed by atoms with E-state index in [0.29, 0.717) is 10.6 Å². The van der Waals surface area contributed by atoms with Crippen LogP contribution >= 0.6 is 39.3 Å². The van der Waals surface area contributed by atoms with E-state index in [4.69, 9.17) is 21.6 Å². The smallest absolute Gasteiger partial charge is 0.132 e. The molecule has 2 rings (SSSR count). The van der Waals surface area contributed by atoms with E-state index in [-0.39, 0.29) is 0 Å². The summed E-state index contributed by atoms with van der Waals surface area (Å²) < 4.78 is 6.30. The van der Waals surface area contributed by atoms with Gasteiger partial charge >= 0.3 is 0 Å². The minimum absolute atomic E-state index is 0.460. The molecule has 2 nitrogen and oxygen atoms in total. The van der Waals surface area contributed by atoms with Gasteiger partial charge in [0.25, 0.3) is 0 Å². The van der Waals surface area contributed by atoms with Gasteiger partial charge in [-0.05, 0) is 36.4 Å². The normalized spacial score (nSPS) is 10.0. The van der Waals surface area contributed by atoms with Crippen LogP contribution in [0.3, 0.4) is 0 Å². The Bertz CT molecular complexity index is 654. The minimum Gasteiger partial charge on any atom is -0.496 e. The Kier molecular flexibility index (Phi) is 4.76. The van der Waals surface area contributed by atoms with Crippen LogP contribution in [0, 0.1) is 11.3 Å². The Morgan fingerprint density at radius 2 is 2.05 bits per heavy atom. The second-order valence-corrected chi connectivity index (χ2v) is 6.09. The first kappa shape index (κ1) is 14.3. The zero-order chi connectivity index (χ0) is 13.8. The molecule has 2 aromatic rings. The van der Waals surface area contributed by atoms with E-state index in [9.17, 15) is 0 Å². The van der Waals surface area contributed by atoms with Crippen LogP contribution in [0.5, 0.6) is 5.75 Å². The second-order valence-electron chi connectivity index (χ2n) is 3.65. The largest absolute Gasteiger partial charge is 0.496 e. The highest BCUT2D eigenvalue weighted by atomic mass is 79.9. The zero-order valence-corrected chi connectivity index (χ0v) is 13.1. The van der Waals surface area contributed by atoms with Crippen LogP contribution in [0.15, 0.2) is 50.7 Å². The minimum atomic E-state index is 0.460. The van der Waals surface area contributed by atoms with Gasteiger partial charge in [0.15, 0.2) is 0 Å². The number of nitrogens with zero attached hydrogens (tertiary/aromatic N) is 1. The summed E-state index contributed by atoms with van der Waals surface area (Å²) in [4.78, 5) is 1.94. The fourth-order valence-electron chi connectivity index (χ4n) is 1.51. The first-order valence-corrected chi connectivity index (χ1v) is 7.34. The summed E-state index contributed by atoms with van der Waals surface area (Å²) in [6, 6.07) is 13.2. The highest BCUT2D eigenvalue weighted by Gasteiger charge is 2.08. The molecule has 5 heteroatoms. The van der Waals surface area contributed by atoms with Gasteiger partial charge in [-0.25, -0.2) is 0 Å². The van der Waals surface area contributed by atoms with Crippen molar-refractivity contribution in [2.24, 2.45) is 0 Å². The average Bonchev–Trinajstić information content (AvgIpc) is 2.39. The van der Waals surface area contributed by atoms with Crippen molar-refractivity contribution < 1.29 is 4.74 Å². The Labute approximate surface area is 129 Å². The summed E-state index contributed by atoms with van der Waals surface area (Å²) in [7, 11) is 1.64. The average molecular weight is 355 g/mol. The van der Waals surface area contributed by atoms with Gasteiger partial charge in [-0.3, -0.25) is 0 Å². The number of benzene rings is 2. The second kappa shape index (κ2) is 6.33. The van der Waals surface area contributed by atoms with Crippen LogP contribution in [0.2, 0.25) is 5.02 Å². The molecule has 0 aliphatic heterocycles. The molecule has 19 heavy (non-hydrogen) atoms. The van der Waals surface area contributed by atoms with Gasteiger partial charge in [0.2, 0.25) is 0 Å². The Balaban J connectivity index is 2.33. The van der Waals surface area contributed by atoms with Crippen LogP contribution in [0.25, 0.3) is 0 Å². The number of ether oxygens (including phenoxy) is 1. The van der Waals surface area contributed by atoms with Gasteiger partial charge in [-0.2, -0.15) is 5.26 Å². The molecule has 0 atom stereocenters. The molecule has 0 aliphatic carbocycles. The number of hydrogen-bond acceptors (Lipinski definition) is 3. The van der Waals surface area contributed by atoms with Crippen LogP contribution in [-0.2, 0) is 0 Å². The van der Waals surface area contributed by atoms with E-state index in [1.54, 1.807) is 19.2 Å². The maximum atomic E-state index is 8.85. The van der Waals surface area contributed by atoms with Crippen molar-refractivity contribution in [3.63, 3.8) is 0 Å². The van der Waals surface area contributed by atoms with Crippen molar-refractivity contribution in [1.82, 2.24) is 0 Å². The lowest BCUT2D eigenvalue weighted by Crippen LogP contribution is -1.86. The molecule has 0 saturated heterocycles. The summed E-state index contributed by atoms with van der Waals surface area (Å²) in [5.74, 6) is 0.800. The zero-order valence-electron chi connectivity index (χ0n) is 9.98. The van der Waals surface area contributed by atoms with Crippen LogP contribution in [-0.4, -0.2) is 7.11 Å². The lowest BCUT2D eigenvalue weighted by atomic mass is 10.2. The summed E-state index contributed by atoms with van der Waals surface area (Å²) in [5.41, 5.74) is 0.479. The summed E-state index contributed by atoms with van der Waals surface area (Å²) in [6.07, 6.45) is 0. The molecule has 0 radical (unpaired) electrons. The predicted octanol–water partition coefficient (Wildman–Crippen LogP) is 5.13. The summed E-state index contributed by atoms with van der Waals surface area (Å²) >= 11 is 11.0. The third kappa shape index (κ3) is 3.44. The summed E-state index contributed by atoms with van der Waals surface area (Å²) in [6.45, 7) is 0. The van der Waals surface area contributed by atoms with Crippen molar-refractivity contribution in [3.05, 3.63) is 51.5 Å². The van der Waals surface area contributed by atoms with Crippen molar-refractivity contribution in [1.29, 1.82) is 5.26 Å². The van der Waals surface area contributed by atoms with E-state index in [1.807, 2.05) is 30.3 Å². The monoisotopic (exact) mass is 353 g/mol. The van der Waals surface area contributed by atoms with E-state index < -0.39 is 0 Å². The van der Waals surface area contributed by atoms with Gasteiger partial charge in [-0.1, -0.05) is 39.3 Å². The van der Waals surface area contributed by atoms with Gasteiger partial charge < -0.3 is 4.74 Å². The molecular formula is C14H9BrClNOS. The van der Waals surface area contributed by atoms with Gasteiger partial charge in [0.1, 0.15) is 11.8 Å². The standard InChI is InChI=1S/C14H9BrClNOS/c1-18-13-5-3-10(15)6-14(13)19-11-4-2-9(8-17)12(16)7-11/h2-7H,1H3. The van der Waals surface area contributed by atoms with Crippen LogP contribution in [0.1, 0.15) is 5.56 Å². The molecule has 0 spiro atoms. The van der Waals surface area contributed by atoms with Gasteiger partial charge in [0, 0.05) is 9.37 Å². The Morgan fingerprint density at radius 3 is 2.68 bits per heavy atom. The van der Waals surface area contributed by atoms with Crippen molar-refractivity contribution in [2.75, 3.05) is 7.11 Å². The lowest BCUT2D eigenvalue weighted by molar-refractivity contribution is 0.404. The van der Waals surface area contributed by atoms with E-state index >= 15 is 0 Å². The SMILES string of the molecule is COc1ccc(Br)cc1Sc1ccc(C#N)c(Cl)c1. The van der Waals surface area contributed by atoms with Crippen molar-refractivity contribution >= 4 is 39.3 Å². The van der Waals surface area contributed by atoms with E-state index in [2.05, 4.69) is 15.9 Å². The maximum absolute atomic E-state index is 8.85. The summed E-state index contributed by atoms with van der Waals surface area (Å²) in [5, 5.41) is 9.31. The topological polar surface area (TPSA) is 33.0 Å². The molecule has 0 aromatic heterocycles. The van der Waals surface area contributed by atoms with Crippen molar-refractivity contribution in [3.8, 4) is 11.8 Å². The van der Waals surface area contributed by atoms with E-state index in [0.717, 1.165) is 20.0 Å². The Morgan fingerprint density at radius 1 is 1.26 bits per heavy atom. The molecule has 2 aromatic carbocycles. The predicted molar refractivity (Wildman–Crippen MR) is 81.0 cm³/mol. The first-order valence-electron chi connectivity index (χ1n) is 5.35. The fourth-order valence-corrected chi connectivity index (χ4v) is 3.31. The maximum Gasteiger partial charge on any atom is 0.132 e. The highest BCUT2D eigenvalue weighted by Crippen LogP contribution is 2.37. The molecule has 0 unspecified atom stereocenters. The third-order valence-electron chi connectivity index (χ3n) is 2.41. The number of nitriles is 1. The fraction of sp³-hybridized carbons (Fsp3) is 0.0714. The molecule has 0 aliphatic rings. The number of methoxy groups -OCH3 is 1. The molecule has 0 saturated carbocycles. The number of hydrogen-bond donors (Lipinski definition) is 0. The van der Waals surface area contributed by atoms with Crippen LogP contribution in [0.4, 0.5) is 0 Å². The number of halogens is 2. The van der Waals surface area contributed by atoms with Crippen LogP contribution < -0.4 is 4.74 Å². The van der Waals surface area contributed by atoms with Crippen molar-refractivity contribution in [2.45, 2.75) is 9.79 Å². The molecule has 0 amide bonds. The lowest BCUT2D eigenvalue weighted by Gasteiger charge is -2.09. The molecular weight excluding hydrogens is 346 g/mol. The molecule has 96 valence electrons. The number of rotatable bonds is 3. The highest BCUT2D eigenvalue weighted by molar-refractivity contribution is 9.10. The Hall–Kier alpha value is -1.15. The molecule has 0 N–H and O–H groups in total. The van der Waals surface area contributed by atoms with E-state index in [1.165, 1.54) is 11.8 Å². The van der Waals surface area contributed by atoms with Gasteiger partial charge in [-0.15, -0.1) is 0 Å².